The molecule has 2 atom stereocenters. The van der Waals surface area contributed by atoms with Crippen molar-refractivity contribution >= 4 is 11.8 Å². The summed E-state index contributed by atoms with van der Waals surface area (Å²) in [7, 11) is 1.41. The summed E-state index contributed by atoms with van der Waals surface area (Å²) < 4.78 is 4.83. The normalized spacial score (nSPS) is 32.9. The maximum atomic E-state index is 12.3. The van der Waals surface area contributed by atoms with Crippen molar-refractivity contribution in [3.63, 3.8) is 0 Å². The predicted molar refractivity (Wildman–Crippen MR) is 78.2 cm³/mol. The smallest absolute Gasteiger partial charge is 0.309 e. The minimum Gasteiger partial charge on any atom is -0.469 e. The summed E-state index contributed by atoms with van der Waals surface area (Å²) in [6.07, 6.45) is 4.27. The molecule has 0 amide bonds. The first kappa shape index (κ1) is 15.3. The third-order valence-corrected chi connectivity index (χ3v) is 5.73. The first-order valence-electron chi connectivity index (χ1n) is 7.52. The average molecular weight is 278 g/mol. The Kier molecular flexibility index (Phi) is 3.83. The van der Waals surface area contributed by atoms with E-state index in [9.17, 15) is 9.59 Å². The van der Waals surface area contributed by atoms with Crippen molar-refractivity contribution in [1.82, 2.24) is 0 Å². The van der Waals surface area contributed by atoms with E-state index in [1.807, 2.05) is 6.92 Å². The molecule has 2 aliphatic rings. The van der Waals surface area contributed by atoms with Crippen molar-refractivity contribution in [2.75, 3.05) is 7.11 Å². The Bertz CT molecular complexity index is 473. The molecule has 0 aromatic carbocycles. The minimum atomic E-state index is -0.239. The first-order chi connectivity index (χ1) is 9.22. The number of ether oxygens (including phenoxy) is 1. The van der Waals surface area contributed by atoms with Gasteiger partial charge in [0.1, 0.15) is 0 Å². The van der Waals surface area contributed by atoms with E-state index < -0.39 is 0 Å². The summed E-state index contributed by atoms with van der Waals surface area (Å²) in [4.78, 5) is 24.1. The van der Waals surface area contributed by atoms with E-state index in [4.69, 9.17) is 4.74 Å². The van der Waals surface area contributed by atoms with Crippen LogP contribution in [0.5, 0.6) is 0 Å². The highest BCUT2D eigenvalue weighted by Gasteiger charge is 2.52. The van der Waals surface area contributed by atoms with E-state index in [1.165, 1.54) is 7.11 Å². The number of methoxy groups -OCH3 is 1. The van der Waals surface area contributed by atoms with Crippen LogP contribution in [-0.4, -0.2) is 18.9 Å². The summed E-state index contributed by atoms with van der Waals surface area (Å²) >= 11 is 0. The van der Waals surface area contributed by atoms with E-state index in [0.717, 1.165) is 30.4 Å². The predicted octanol–water partition coefficient (Wildman–Crippen LogP) is 3.67. The van der Waals surface area contributed by atoms with Gasteiger partial charge in [0.2, 0.25) is 0 Å². The highest BCUT2D eigenvalue weighted by molar-refractivity contribution is 5.98. The van der Waals surface area contributed by atoms with Gasteiger partial charge in [0.15, 0.2) is 5.78 Å². The Morgan fingerprint density at radius 2 is 1.95 bits per heavy atom. The van der Waals surface area contributed by atoms with Crippen LogP contribution < -0.4 is 0 Å². The zero-order valence-electron chi connectivity index (χ0n) is 13.3. The van der Waals surface area contributed by atoms with Crippen LogP contribution >= 0.6 is 0 Å². The Morgan fingerprint density at radius 3 is 2.55 bits per heavy atom. The molecule has 0 heterocycles. The van der Waals surface area contributed by atoms with Crippen LogP contribution in [0.4, 0.5) is 0 Å². The minimum absolute atomic E-state index is 0.0338. The molecule has 3 nitrogen and oxygen atoms in total. The summed E-state index contributed by atoms with van der Waals surface area (Å²) in [5.41, 5.74) is 1.95. The SMILES string of the molecule is COC(=O)CC1=C(C)C(=O)CC2C(C)(C)CCC[C@]12C. The molecule has 2 aliphatic carbocycles. The third kappa shape index (κ3) is 2.32. The van der Waals surface area contributed by atoms with Gasteiger partial charge in [-0.2, -0.15) is 0 Å². The molecule has 0 spiro atoms. The van der Waals surface area contributed by atoms with Gasteiger partial charge in [0, 0.05) is 6.42 Å². The van der Waals surface area contributed by atoms with E-state index in [0.29, 0.717) is 12.3 Å². The lowest BCUT2D eigenvalue weighted by molar-refractivity contribution is -0.140. The van der Waals surface area contributed by atoms with Crippen molar-refractivity contribution in [3.8, 4) is 0 Å². The Balaban J connectivity index is 2.47. The van der Waals surface area contributed by atoms with Crippen LogP contribution in [0.2, 0.25) is 0 Å². The second-order valence-corrected chi connectivity index (χ2v) is 7.30. The standard InChI is InChI=1S/C17H26O3/c1-11-12(9-15(19)20-5)17(4)8-6-7-16(2,3)14(17)10-13(11)18/h14H,6-10H2,1-5H3/t14?,17-/m1/s1. The highest BCUT2D eigenvalue weighted by Crippen LogP contribution is 2.59. The van der Waals surface area contributed by atoms with Gasteiger partial charge in [-0.25, -0.2) is 0 Å². The molecule has 0 bridgehead atoms. The molecule has 20 heavy (non-hydrogen) atoms. The number of esters is 1. The fourth-order valence-electron chi connectivity index (χ4n) is 4.47. The van der Waals surface area contributed by atoms with Crippen molar-refractivity contribution < 1.29 is 14.3 Å². The number of carbonyl (C=O) groups excluding carboxylic acids is 2. The number of carbonyl (C=O) groups is 2. The number of rotatable bonds is 2. The number of Topliss-reactive ketones (excluding diaryl/α,β-unsaturated/α-hetero) is 1. The van der Waals surface area contributed by atoms with Gasteiger partial charge < -0.3 is 4.74 Å². The third-order valence-electron chi connectivity index (χ3n) is 5.73. The van der Waals surface area contributed by atoms with E-state index in [1.54, 1.807) is 0 Å². The zero-order valence-corrected chi connectivity index (χ0v) is 13.3. The number of allylic oxidation sites excluding steroid dienone is 1. The largest absolute Gasteiger partial charge is 0.469 e. The van der Waals surface area contributed by atoms with Crippen LogP contribution in [0.25, 0.3) is 0 Å². The molecule has 0 aromatic heterocycles. The van der Waals surface area contributed by atoms with E-state index in [2.05, 4.69) is 20.8 Å². The van der Waals surface area contributed by atoms with Crippen molar-refractivity contribution in [3.05, 3.63) is 11.1 Å². The van der Waals surface area contributed by atoms with Gasteiger partial charge >= 0.3 is 5.97 Å². The summed E-state index contributed by atoms with van der Waals surface area (Å²) in [6.45, 7) is 8.65. The van der Waals surface area contributed by atoms with Gasteiger partial charge in [-0.05, 0) is 47.7 Å². The van der Waals surface area contributed by atoms with Crippen molar-refractivity contribution in [1.29, 1.82) is 0 Å². The molecule has 0 saturated heterocycles. The van der Waals surface area contributed by atoms with E-state index >= 15 is 0 Å². The molecular weight excluding hydrogens is 252 g/mol. The molecule has 0 aliphatic heterocycles. The fraction of sp³-hybridized carbons (Fsp3) is 0.765. The number of ketones is 1. The molecule has 0 N–H and O–H groups in total. The fourth-order valence-corrected chi connectivity index (χ4v) is 4.47. The number of fused-ring (bicyclic) bond motifs is 1. The Labute approximate surface area is 121 Å². The zero-order chi connectivity index (χ0) is 15.1. The molecular formula is C17H26O3. The molecule has 1 unspecified atom stereocenters. The summed E-state index contributed by atoms with van der Waals surface area (Å²) in [5, 5.41) is 0. The summed E-state index contributed by atoms with van der Waals surface area (Å²) in [6, 6.07) is 0. The molecule has 0 aromatic rings. The van der Waals surface area contributed by atoms with Gasteiger partial charge in [0.25, 0.3) is 0 Å². The van der Waals surface area contributed by atoms with Crippen LogP contribution in [-0.2, 0) is 14.3 Å². The van der Waals surface area contributed by atoms with Gasteiger partial charge in [-0.15, -0.1) is 0 Å². The number of hydrogen-bond donors (Lipinski definition) is 0. The van der Waals surface area contributed by atoms with Gasteiger partial charge in [0.05, 0.1) is 13.5 Å². The van der Waals surface area contributed by atoms with Crippen LogP contribution in [0.3, 0.4) is 0 Å². The molecule has 1 fully saturated rings. The molecule has 1 saturated carbocycles. The Hall–Kier alpha value is -1.12. The first-order valence-corrected chi connectivity index (χ1v) is 7.52. The lowest BCUT2D eigenvalue weighted by Gasteiger charge is -2.54. The number of hydrogen-bond acceptors (Lipinski definition) is 3. The van der Waals surface area contributed by atoms with Crippen LogP contribution in [0, 0.1) is 16.7 Å². The lowest BCUT2D eigenvalue weighted by Crippen LogP contribution is -2.47. The topological polar surface area (TPSA) is 43.4 Å². The average Bonchev–Trinajstić information content (AvgIpc) is 2.37. The molecule has 112 valence electrons. The highest BCUT2D eigenvalue weighted by atomic mass is 16.5. The van der Waals surface area contributed by atoms with Gasteiger partial charge in [-0.1, -0.05) is 27.2 Å². The van der Waals surface area contributed by atoms with Crippen LogP contribution in [0.15, 0.2) is 11.1 Å². The molecule has 3 heteroatoms. The van der Waals surface area contributed by atoms with Gasteiger partial charge in [-0.3, -0.25) is 9.59 Å². The molecule has 0 radical (unpaired) electrons. The monoisotopic (exact) mass is 278 g/mol. The quantitative estimate of drug-likeness (QED) is 0.724. The Morgan fingerprint density at radius 1 is 1.30 bits per heavy atom. The second kappa shape index (κ2) is 5.01. The maximum Gasteiger partial charge on any atom is 0.309 e. The van der Waals surface area contributed by atoms with Crippen molar-refractivity contribution in [2.45, 2.75) is 59.8 Å². The van der Waals surface area contributed by atoms with Crippen molar-refractivity contribution in [2.24, 2.45) is 16.7 Å². The van der Waals surface area contributed by atoms with E-state index in [-0.39, 0.29) is 29.0 Å². The van der Waals surface area contributed by atoms with Crippen LogP contribution in [0.1, 0.15) is 59.8 Å². The summed E-state index contributed by atoms with van der Waals surface area (Å²) in [5.74, 6) is 0.304. The lowest BCUT2D eigenvalue weighted by atomic mass is 9.50. The second-order valence-electron chi connectivity index (χ2n) is 7.30. The maximum absolute atomic E-state index is 12.3. The molecule has 2 rings (SSSR count).